The van der Waals surface area contributed by atoms with Crippen molar-refractivity contribution in [2.75, 3.05) is 18.1 Å². The number of carboxylic acid groups (broad SMARTS) is 1. The molecule has 0 fully saturated rings. The van der Waals surface area contributed by atoms with E-state index in [2.05, 4.69) is 118 Å². The molecule has 0 saturated carbocycles. The van der Waals surface area contributed by atoms with Crippen LogP contribution in [0.1, 0.15) is 236 Å². The molecule has 0 unspecified atom stereocenters. The van der Waals surface area contributed by atoms with Crippen LogP contribution in [0.5, 0.6) is 11.5 Å². The predicted octanol–water partition coefficient (Wildman–Crippen LogP) is 21.7. The average Bonchev–Trinajstić information content (AvgIpc) is 4.15. The number of ether oxygens (including phenoxy) is 2. The Morgan fingerprint density at radius 3 is 1.31 bits per heavy atom. The molecule has 406 valence electrons. The molecule has 1 N–H and O–H groups in total. The van der Waals surface area contributed by atoms with Crippen LogP contribution in [0.25, 0.3) is 26.3 Å². The van der Waals surface area contributed by atoms with Gasteiger partial charge in [0, 0.05) is 42.0 Å². The molecule has 6 nitrogen and oxygen atoms in total. The van der Waals surface area contributed by atoms with Gasteiger partial charge in [-0.1, -0.05) is 207 Å². The van der Waals surface area contributed by atoms with Crippen LogP contribution in [0.3, 0.4) is 0 Å². The first-order valence-electron chi connectivity index (χ1n) is 29.9. The second kappa shape index (κ2) is 33.3. The molecule has 3 aromatic carbocycles. The molecule has 6 rings (SSSR count). The molecule has 0 atom stereocenters. The van der Waals surface area contributed by atoms with Crippen molar-refractivity contribution in [2.24, 2.45) is 0 Å². The summed E-state index contributed by atoms with van der Waals surface area (Å²) < 4.78 is 12.6. The molecule has 5 aromatic rings. The van der Waals surface area contributed by atoms with Gasteiger partial charge in [-0.2, -0.15) is 5.26 Å². The molecule has 0 spiro atoms. The minimum Gasteiger partial charge on any atom is -0.494 e. The summed E-state index contributed by atoms with van der Waals surface area (Å²) in [5.74, 6) is 0.629. The number of unbranched alkanes of at least 4 members (excludes halogenated alkanes) is 24. The van der Waals surface area contributed by atoms with E-state index in [1.807, 2.05) is 17.4 Å². The molecule has 2 heterocycles. The van der Waals surface area contributed by atoms with E-state index in [-0.39, 0.29) is 11.0 Å². The minimum absolute atomic E-state index is 0.136. The van der Waals surface area contributed by atoms with Crippen molar-refractivity contribution < 1.29 is 19.4 Å². The van der Waals surface area contributed by atoms with Crippen molar-refractivity contribution in [1.29, 1.82) is 5.26 Å². The highest BCUT2D eigenvalue weighted by molar-refractivity contribution is 7.24. The van der Waals surface area contributed by atoms with Crippen LogP contribution < -0.4 is 14.4 Å². The molecular formula is C67H92N2O4S2. The number of rotatable bonds is 40. The number of nitrogens with zero attached hydrogens (tertiary/aromatic N) is 2. The summed E-state index contributed by atoms with van der Waals surface area (Å²) in [6.45, 7) is 10.6. The number of thiophene rings is 2. The zero-order chi connectivity index (χ0) is 52.9. The zero-order valence-corrected chi connectivity index (χ0v) is 48.3. The predicted molar refractivity (Wildman–Crippen MR) is 322 cm³/mol. The van der Waals surface area contributed by atoms with Crippen LogP contribution in [0.15, 0.2) is 90.5 Å². The second-order valence-electron chi connectivity index (χ2n) is 21.4. The molecule has 75 heavy (non-hydrogen) atoms. The number of aliphatic carboxylic acids is 1. The highest BCUT2D eigenvalue weighted by Gasteiger charge is 2.45. The topological polar surface area (TPSA) is 82.8 Å². The number of hydrogen-bond acceptors (Lipinski definition) is 7. The maximum atomic E-state index is 12.0. The molecule has 0 radical (unpaired) electrons. The summed E-state index contributed by atoms with van der Waals surface area (Å²) in [5, 5.41) is 19.5. The lowest BCUT2D eigenvalue weighted by Gasteiger charge is -2.31. The third kappa shape index (κ3) is 18.1. The van der Waals surface area contributed by atoms with Gasteiger partial charge in [-0.25, -0.2) is 4.79 Å². The summed E-state index contributed by atoms with van der Waals surface area (Å²) >= 11 is 3.50. The van der Waals surface area contributed by atoms with Crippen molar-refractivity contribution in [1.82, 2.24) is 0 Å². The fourth-order valence-corrected chi connectivity index (χ4v) is 13.7. The first-order chi connectivity index (χ1) is 36.8. The second-order valence-corrected chi connectivity index (χ2v) is 23.5. The van der Waals surface area contributed by atoms with Crippen LogP contribution >= 0.6 is 22.7 Å². The van der Waals surface area contributed by atoms with E-state index in [1.165, 1.54) is 185 Å². The van der Waals surface area contributed by atoms with E-state index >= 15 is 0 Å². The molecule has 0 aliphatic heterocycles. The van der Waals surface area contributed by atoms with E-state index in [9.17, 15) is 15.2 Å². The van der Waals surface area contributed by atoms with Gasteiger partial charge in [0.05, 0.1) is 13.2 Å². The number of hydrogen-bond donors (Lipinski definition) is 1. The lowest BCUT2D eigenvalue weighted by molar-refractivity contribution is -0.132. The fourth-order valence-electron chi connectivity index (χ4n) is 11.0. The van der Waals surface area contributed by atoms with E-state index in [4.69, 9.17) is 9.47 Å². The average molecular weight is 1050 g/mol. The quantitative estimate of drug-likeness (QED) is 0.0239. The summed E-state index contributed by atoms with van der Waals surface area (Å²) in [6.07, 6.45) is 39.4. The van der Waals surface area contributed by atoms with Crippen LogP contribution in [0.2, 0.25) is 0 Å². The molecule has 0 saturated heterocycles. The Hall–Kier alpha value is -4.84. The van der Waals surface area contributed by atoms with Gasteiger partial charge in [0.1, 0.15) is 23.1 Å². The number of nitriles is 1. The number of anilines is 3. The van der Waals surface area contributed by atoms with Gasteiger partial charge in [-0.15, -0.1) is 22.7 Å². The van der Waals surface area contributed by atoms with Crippen molar-refractivity contribution in [2.45, 2.75) is 226 Å². The van der Waals surface area contributed by atoms with Gasteiger partial charge in [-0.3, -0.25) is 0 Å². The van der Waals surface area contributed by atoms with E-state index < -0.39 is 5.97 Å². The summed E-state index contributed by atoms with van der Waals surface area (Å²) in [7, 11) is 0. The molecular weight excluding hydrogens is 961 g/mol. The Bertz CT molecular complexity index is 2380. The number of carbonyl (C=O) groups is 1. The Morgan fingerprint density at radius 2 is 0.893 bits per heavy atom. The SMILES string of the molecule is CCCCCCCCCCCCOc1ccc(N(c2ccc(OCCCCCCCCCCCC)cc2)c2ccc(-c3cc4c(s3)-c3sc(/C=C(/C#N)C(=O)O)cc3C4(CCCCCC)CCCCCC)cc2)cc1. The number of fused-ring (bicyclic) bond motifs is 3. The van der Waals surface area contributed by atoms with Gasteiger partial charge in [0.25, 0.3) is 0 Å². The third-order valence-corrected chi connectivity index (χ3v) is 17.8. The minimum atomic E-state index is -1.18. The highest BCUT2D eigenvalue weighted by Crippen LogP contribution is 2.61. The molecule has 1 aliphatic rings. The molecule has 1 aliphatic carbocycles. The first kappa shape index (κ1) is 59.4. The van der Waals surface area contributed by atoms with Crippen LogP contribution in [0.4, 0.5) is 17.1 Å². The summed E-state index contributed by atoms with van der Waals surface area (Å²) in [4.78, 5) is 18.9. The van der Waals surface area contributed by atoms with E-state index in [1.54, 1.807) is 17.4 Å². The van der Waals surface area contributed by atoms with Gasteiger partial charge in [0.15, 0.2) is 0 Å². The maximum Gasteiger partial charge on any atom is 0.346 e. The molecule has 2 aromatic heterocycles. The number of benzene rings is 3. The summed E-state index contributed by atoms with van der Waals surface area (Å²) in [5.41, 5.74) is 6.80. The Kier molecular flexibility index (Phi) is 26.4. The Balaban J connectivity index is 1.21. The molecule has 0 amide bonds. The monoisotopic (exact) mass is 1050 g/mol. The number of carboxylic acids is 1. The molecule has 0 bridgehead atoms. The van der Waals surface area contributed by atoms with E-state index in [0.717, 1.165) is 85.2 Å². The van der Waals surface area contributed by atoms with Crippen molar-refractivity contribution >= 4 is 51.8 Å². The van der Waals surface area contributed by atoms with Crippen molar-refractivity contribution in [3.63, 3.8) is 0 Å². The molecule has 8 heteroatoms. The van der Waals surface area contributed by atoms with Crippen molar-refractivity contribution in [3.05, 3.63) is 107 Å². The zero-order valence-electron chi connectivity index (χ0n) is 46.7. The van der Waals surface area contributed by atoms with E-state index in [0.29, 0.717) is 0 Å². The Labute approximate surface area is 462 Å². The standard InChI is InChI=1S/C67H92N2O4S2/c1-5-9-13-17-19-21-23-25-27-31-47-72-58-41-37-56(38-42-58)69(57-39-43-59(44-40-57)73-48-32-28-26-24-22-20-18-14-10-6-2)55-35-33-53(34-36-55)63-51-62-65(75-63)64-61(50-60(74-64)49-54(52-68)66(70)71)67(62,45-29-15-11-7-3)46-30-16-12-8-4/h33-44,49-51H,5-32,45-48H2,1-4H3,(H,70,71)/b54-49-. The summed E-state index contributed by atoms with van der Waals surface area (Å²) in [6, 6.07) is 32.8. The van der Waals surface area contributed by atoms with Crippen molar-refractivity contribution in [3.8, 4) is 37.8 Å². The fraction of sp³-hybridized carbons (Fsp3) is 0.552. The first-order valence-corrected chi connectivity index (χ1v) is 31.5. The lowest BCUT2D eigenvalue weighted by atomic mass is 9.71. The smallest absolute Gasteiger partial charge is 0.346 e. The van der Waals surface area contributed by atoms with Crippen LogP contribution in [-0.2, 0) is 10.2 Å². The van der Waals surface area contributed by atoms with Gasteiger partial charge in [0.2, 0.25) is 0 Å². The largest absolute Gasteiger partial charge is 0.494 e. The maximum absolute atomic E-state index is 12.0. The van der Waals surface area contributed by atoms with Gasteiger partial charge < -0.3 is 19.5 Å². The normalized spacial score (nSPS) is 12.7. The Morgan fingerprint density at radius 1 is 0.520 bits per heavy atom. The highest BCUT2D eigenvalue weighted by atomic mass is 32.1. The van der Waals surface area contributed by atoms with Crippen LogP contribution in [-0.4, -0.2) is 24.3 Å². The van der Waals surface area contributed by atoms with Gasteiger partial charge in [-0.05, 0) is 121 Å². The lowest BCUT2D eigenvalue weighted by Crippen LogP contribution is -2.25. The third-order valence-electron chi connectivity index (χ3n) is 15.4. The van der Waals surface area contributed by atoms with Gasteiger partial charge >= 0.3 is 5.97 Å². The van der Waals surface area contributed by atoms with Crippen LogP contribution in [0, 0.1) is 11.3 Å².